The second-order valence-corrected chi connectivity index (χ2v) is 5.93. The Morgan fingerprint density at radius 2 is 1.84 bits per heavy atom. The molecule has 0 saturated heterocycles. The van der Waals surface area contributed by atoms with E-state index in [1.165, 1.54) is 5.06 Å². The number of hydrogen-bond acceptors (Lipinski definition) is 5. The van der Waals surface area contributed by atoms with Crippen LogP contribution >= 0.6 is 0 Å². The van der Waals surface area contributed by atoms with Gasteiger partial charge in [-0.3, -0.25) is 10.2 Å². The number of amidine groups is 1. The topological polar surface area (TPSA) is 54.3 Å². The fourth-order valence-corrected chi connectivity index (χ4v) is 2.20. The van der Waals surface area contributed by atoms with Gasteiger partial charge >= 0.3 is 0 Å². The molecule has 0 saturated carbocycles. The van der Waals surface area contributed by atoms with E-state index in [0.29, 0.717) is 11.6 Å². The molecule has 0 fully saturated rings. The lowest BCUT2D eigenvalue weighted by molar-refractivity contribution is -0.0992. The molecule has 1 N–H and O–H groups in total. The summed E-state index contributed by atoms with van der Waals surface area (Å²) in [6.07, 6.45) is 0. The molecule has 0 aromatic heterocycles. The third kappa shape index (κ3) is 1.61. The van der Waals surface area contributed by atoms with Crippen molar-refractivity contribution in [2.45, 2.75) is 38.8 Å². The molecule has 3 rings (SSSR count). The zero-order valence-electron chi connectivity index (χ0n) is 11.6. The Bertz CT molecular complexity index is 564. The predicted octanol–water partition coefficient (Wildman–Crippen LogP) is 2.42. The highest BCUT2D eigenvalue weighted by Crippen LogP contribution is 2.39. The second-order valence-electron chi connectivity index (χ2n) is 5.93. The molecule has 2 aliphatic rings. The monoisotopic (exact) mass is 262 g/mol. The van der Waals surface area contributed by atoms with E-state index in [4.69, 9.17) is 9.47 Å². The van der Waals surface area contributed by atoms with Crippen LogP contribution in [0.25, 0.3) is 0 Å². The van der Waals surface area contributed by atoms with Gasteiger partial charge in [0.05, 0.1) is 11.1 Å². The standard InChI is InChI=1S/C14H18N2O3/c1-13(2)14(3,4)16(17)12(15-13)9-5-6-10-11(7-9)19-8-18-10/h5-7,17H,8H2,1-4H3. The van der Waals surface area contributed by atoms with Gasteiger partial charge in [0.25, 0.3) is 0 Å². The lowest BCUT2D eigenvalue weighted by Gasteiger charge is -2.36. The molecule has 2 aliphatic heterocycles. The average Bonchev–Trinajstić information content (AvgIpc) is 2.86. The lowest BCUT2D eigenvalue weighted by Crippen LogP contribution is -2.51. The van der Waals surface area contributed by atoms with Crippen LogP contribution in [-0.2, 0) is 0 Å². The summed E-state index contributed by atoms with van der Waals surface area (Å²) in [5, 5.41) is 11.6. The average molecular weight is 262 g/mol. The first kappa shape index (κ1) is 12.3. The van der Waals surface area contributed by atoms with Crippen LogP contribution in [-0.4, -0.2) is 34.0 Å². The van der Waals surface area contributed by atoms with Gasteiger partial charge in [-0.2, -0.15) is 0 Å². The second kappa shape index (κ2) is 3.63. The minimum absolute atomic E-state index is 0.241. The fraction of sp³-hybridized carbons (Fsp3) is 0.500. The summed E-state index contributed by atoms with van der Waals surface area (Å²) in [4.78, 5) is 4.65. The molecule has 0 amide bonds. The molecule has 0 spiro atoms. The molecule has 102 valence electrons. The zero-order valence-corrected chi connectivity index (χ0v) is 11.6. The summed E-state index contributed by atoms with van der Waals surface area (Å²) < 4.78 is 10.6. The third-order valence-corrected chi connectivity index (χ3v) is 4.24. The summed E-state index contributed by atoms with van der Waals surface area (Å²) in [5.74, 6) is 1.98. The van der Waals surface area contributed by atoms with E-state index in [-0.39, 0.29) is 12.3 Å². The molecular formula is C14H18N2O3. The molecule has 5 heteroatoms. The van der Waals surface area contributed by atoms with Crippen molar-refractivity contribution >= 4 is 5.84 Å². The minimum atomic E-state index is -0.460. The van der Waals surface area contributed by atoms with Crippen molar-refractivity contribution in [1.29, 1.82) is 0 Å². The Kier molecular flexibility index (Phi) is 2.35. The Hall–Kier alpha value is -1.75. The van der Waals surface area contributed by atoms with Crippen LogP contribution in [0, 0.1) is 0 Å². The van der Waals surface area contributed by atoms with Crippen molar-refractivity contribution in [3.05, 3.63) is 23.8 Å². The number of hydroxylamine groups is 2. The van der Waals surface area contributed by atoms with Crippen molar-refractivity contribution in [3.8, 4) is 11.5 Å². The van der Waals surface area contributed by atoms with Crippen LogP contribution in [0.2, 0.25) is 0 Å². The predicted molar refractivity (Wildman–Crippen MR) is 70.9 cm³/mol. The van der Waals surface area contributed by atoms with E-state index in [1.54, 1.807) is 0 Å². The number of rotatable bonds is 1. The fourth-order valence-electron chi connectivity index (χ4n) is 2.20. The SMILES string of the molecule is CC1(C)N=C(c2ccc3c(c2)OCO3)N(O)C1(C)C. The summed E-state index contributed by atoms with van der Waals surface area (Å²) in [5.41, 5.74) is -0.00278. The van der Waals surface area contributed by atoms with Gasteiger partial charge in [0.2, 0.25) is 6.79 Å². The molecule has 0 radical (unpaired) electrons. The van der Waals surface area contributed by atoms with Crippen molar-refractivity contribution in [2.24, 2.45) is 4.99 Å². The normalized spacial score (nSPS) is 22.6. The van der Waals surface area contributed by atoms with E-state index in [0.717, 1.165) is 11.3 Å². The summed E-state index contributed by atoms with van der Waals surface area (Å²) >= 11 is 0. The first-order chi connectivity index (χ1) is 8.83. The van der Waals surface area contributed by atoms with Crippen molar-refractivity contribution in [3.63, 3.8) is 0 Å². The maximum absolute atomic E-state index is 10.4. The van der Waals surface area contributed by atoms with Gasteiger partial charge < -0.3 is 9.47 Å². The quantitative estimate of drug-likeness (QED) is 0.844. The van der Waals surface area contributed by atoms with Crippen molar-refractivity contribution in [1.82, 2.24) is 5.06 Å². The van der Waals surface area contributed by atoms with Gasteiger partial charge in [-0.05, 0) is 45.9 Å². The molecule has 0 bridgehead atoms. The number of nitrogens with zero attached hydrogens (tertiary/aromatic N) is 2. The largest absolute Gasteiger partial charge is 0.454 e. The Balaban J connectivity index is 2.04. The first-order valence-electron chi connectivity index (χ1n) is 6.32. The van der Waals surface area contributed by atoms with Crippen LogP contribution < -0.4 is 9.47 Å². The first-order valence-corrected chi connectivity index (χ1v) is 6.32. The molecule has 2 heterocycles. The number of hydrogen-bond donors (Lipinski definition) is 1. The number of ether oxygens (including phenoxy) is 2. The van der Waals surface area contributed by atoms with Gasteiger partial charge in [-0.1, -0.05) is 0 Å². The van der Waals surface area contributed by atoms with Crippen LogP contribution in [0.5, 0.6) is 11.5 Å². The highest BCUT2D eigenvalue weighted by Gasteiger charge is 2.49. The Morgan fingerprint density at radius 3 is 2.47 bits per heavy atom. The Morgan fingerprint density at radius 1 is 1.16 bits per heavy atom. The van der Waals surface area contributed by atoms with Crippen molar-refractivity contribution < 1.29 is 14.7 Å². The van der Waals surface area contributed by atoms with Crippen LogP contribution in [0.4, 0.5) is 0 Å². The molecule has 0 unspecified atom stereocenters. The highest BCUT2D eigenvalue weighted by molar-refractivity contribution is 6.00. The van der Waals surface area contributed by atoms with E-state index in [2.05, 4.69) is 4.99 Å². The van der Waals surface area contributed by atoms with Gasteiger partial charge in [0.1, 0.15) is 0 Å². The van der Waals surface area contributed by atoms with Crippen molar-refractivity contribution in [2.75, 3.05) is 6.79 Å². The molecule has 5 nitrogen and oxygen atoms in total. The van der Waals surface area contributed by atoms with Gasteiger partial charge in [-0.25, -0.2) is 5.06 Å². The molecule has 1 aromatic rings. The Labute approximate surface area is 112 Å². The van der Waals surface area contributed by atoms with E-state index in [1.807, 2.05) is 45.9 Å². The van der Waals surface area contributed by atoms with Gasteiger partial charge in [0.15, 0.2) is 17.3 Å². The third-order valence-electron chi connectivity index (χ3n) is 4.24. The number of fused-ring (bicyclic) bond motifs is 1. The number of aliphatic imine (C=N–C) groups is 1. The van der Waals surface area contributed by atoms with Gasteiger partial charge in [0, 0.05) is 5.56 Å². The van der Waals surface area contributed by atoms with E-state index < -0.39 is 5.54 Å². The van der Waals surface area contributed by atoms with Gasteiger partial charge in [-0.15, -0.1) is 0 Å². The zero-order chi connectivity index (χ0) is 13.8. The molecule has 19 heavy (non-hydrogen) atoms. The number of benzene rings is 1. The van der Waals surface area contributed by atoms with E-state index >= 15 is 0 Å². The van der Waals surface area contributed by atoms with Crippen LogP contribution in [0.15, 0.2) is 23.2 Å². The minimum Gasteiger partial charge on any atom is -0.454 e. The van der Waals surface area contributed by atoms with Crippen LogP contribution in [0.3, 0.4) is 0 Å². The van der Waals surface area contributed by atoms with Crippen LogP contribution in [0.1, 0.15) is 33.3 Å². The maximum Gasteiger partial charge on any atom is 0.231 e. The summed E-state index contributed by atoms with van der Waals surface area (Å²) in [6, 6.07) is 5.57. The maximum atomic E-state index is 10.4. The summed E-state index contributed by atoms with van der Waals surface area (Å²) in [6.45, 7) is 8.20. The smallest absolute Gasteiger partial charge is 0.231 e. The van der Waals surface area contributed by atoms with E-state index in [9.17, 15) is 5.21 Å². The highest BCUT2D eigenvalue weighted by atomic mass is 16.7. The molecular weight excluding hydrogens is 244 g/mol. The summed E-state index contributed by atoms with van der Waals surface area (Å²) in [7, 11) is 0. The lowest BCUT2D eigenvalue weighted by atomic mass is 9.84. The molecule has 0 atom stereocenters. The molecule has 1 aromatic carbocycles. The molecule has 0 aliphatic carbocycles.